The SMILES string of the molecule is O=C(O)COCc1ccc(-n2cccn2)cc1. The molecule has 0 fully saturated rings. The fourth-order valence-corrected chi connectivity index (χ4v) is 1.42. The van der Waals surface area contributed by atoms with Gasteiger partial charge < -0.3 is 9.84 Å². The van der Waals surface area contributed by atoms with E-state index in [0.29, 0.717) is 6.61 Å². The van der Waals surface area contributed by atoms with E-state index in [4.69, 9.17) is 9.84 Å². The van der Waals surface area contributed by atoms with E-state index in [9.17, 15) is 4.79 Å². The zero-order valence-corrected chi connectivity index (χ0v) is 9.11. The van der Waals surface area contributed by atoms with Gasteiger partial charge in [0.15, 0.2) is 0 Å². The van der Waals surface area contributed by atoms with Crippen molar-refractivity contribution in [2.24, 2.45) is 0 Å². The van der Waals surface area contributed by atoms with Gasteiger partial charge in [-0.3, -0.25) is 0 Å². The van der Waals surface area contributed by atoms with Crippen molar-refractivity contribution in [1.82, 2.24) is 9.78 Å². The van der Waals surface area contributed by atoms with Gasteiger partial charge in [-0.1, -0.05) is 12.1 Å². The lowest BCUT2D eigenvalue weighted by Crippen LogP contribution is -2.06. The van der Waals surface area contributed by atoms with Crippen LogP contribution >= 0.6 is 0 Å². The van der Waals surface area contributed by atoms with Crippen LogP contribution in [0.5, 0.6) is 0 Å². The van der Waals surface area contributed by atoms with E-state index in [1.807, 2.05) is 36.5 Å². The highest BCUT2D eigenvalue weighted by atomic mass is 16.5. The summed E-state index contributed by atoms with van der Waals surface area (Å²) in [6.45, 7) is 0.0204. The van der Waals surface area contributed by atoms with Crippen molar-refractivity contribution >= 4 is 5.97 Å². The molecule has 2 aromatic rings. The summed E-state index contributed by atoms with van der Waals surface area (Å²) in [5.41, 5.74) is 1.89. The minimum absolute atomic E-state index is 0.277. The molecule has 2 rings (SSSR count). The smallest absolute Gasteiger partial charge is 0.329 e. The largest absolute Gasteiger partial charge is 0.480 e. The van der Waals surface area contributed by atoms with Gasteiger partial charge in [-0.05, 0) is 23.8 Å². The Kier molecular flexibility index (Phi) is 3.52. The molecule has 0 bridgehead atoms. The Morgan fingerprint density at radius 2 is 2.12 bits per heavy atom. The monoisotopic (exact) mass is 232 g/mol. The summed E-state index contributed by atoms with van der Waals surface area (Å²) in [7, 11) is 0. The first-order valence-electron chi connectivity index (χ1n) is 5.14. The average molecular weight is 232 g/mol. The van der Waals surface area contributed by atoms with Gasteiger partial charge in [-0.25, -0.2) is 9.48 Å². The van der Waals surface area contributed by atoms with Gasteiger partial charge >= 0.3 is 5.97 Å². The summed E-state index contributed by atoms with van der Waals surface area (Å²) in [4.78, 5) is 10.3. The van der Waals surface area contributed by atoms with E-state index in [-0.39, 0.29) is 6.61 Å². The normalized spacial score (nSPS) is 10.4. The number of carbonyl (C=O) groups is 1. The molecule has 0 spiro atoms. The molecule has 1 heterocycles. The van der Waals surface area contributed by atoms with Gasteiger partial charge in [0.1, 0.15) is 6.61 Å². The van der Waals surface area contributed by atoms with E-state index < -0.39 is 5.97 Å². The molecular weight excluding hydrogens is 220 g/mol. The molecule has 1 N–H and O–H groups in total. The van der Waals surface area contributed by atoms with Gasteiger partial charge in [-0.2, -0.15) is 5.10 Å². The summed E-state index contributed by atoms with van der Waals surface area (Å²) < 4.78 is 6.74. The number of hydrogen-bond donors (Lipinski definition) is 1. The molecule has 0 aliphatic rings. The van der Waals surface area contributed by atoms with Gasteiger partial charge in [-0.15, -0.1) is 0 Å². The van der Waals surface area contributed by atoms with Crippen LogP contribution < -0.4 is 0 Å². The lowest BCUT2D eigenvalue weighted by Gasteiger charge is -2.04. The Labute approximate surface area is 98.3 Å². The highest BCUT2D eigenvalue weighted by Crippen LogP contribution is 2.09. The first-order valence-corrected chi connectivity index (χ1v) is 5.14. The molecule has 88 valence electrons. The molecule has 0 atom stereocenters. The highest BCUT2D eigenvalue weighted by molar-refractivity contribution is 5.67. The number of carboxylic acid groups (broad SMARTS) is 1. The Morgan fingerprint density at radius 1 is 1.35 bits per heavy atom. The zero-order chi connectivity index (χ0) is 12.1. The minimum Gasteiger partial charge on any atom is -0.480 e. The number of carboxylic acids is 1. The molecular formula is C12H12N2O3. The van der Waals surface area contributed by atoms with Crippen LogP contribution in [0.15, 0.2) is 42.7 Å². The third-order valence-electron chi connectivity index (χ3n) is 2.20. The number of hydrogen-bond acceptors (Lipinski definition) is 3. The van der Waals surface area contributed by atoms with Crippen LogP contribution in [0.3, 0.4) is 0 Å². The molecule has 0 saturated carbocycles. The molecule has 1 aromatic heterocycles. The van der Waals surface area contributed by atoms with E-state index in [2.05, 4.69) is 5.10 Å². The maximum absolute atomic E-state index is 10.3. The minimum atomic E-state index is -0.960. The van der Waals surface area contributed by atoms with Crippen LogP contribution in [-0.2, 0) is 16.1 Å². The molecule has 0 unspecified atom stereocenters. The number of benzene rings is 1. The summed E-state index contributed by atoms with van der Waals surface area (Å²) in [5.74, 6) is -0.960. The summed E-state index contributed by atoms with van der Waals surface area (Å²) in [6, 6.07) is 9.44. The van der Waals surface area contributed by atoms with E-state index in [1.54, 1.807) is 10.9 Å². The summed E-state index contributed by atoms with van der Waals surface area (Å²) >= 11 is 0. The van der Waals surface area contributed by atoms with Crippen LogP contribution in [0, 0.1) is 0 Å². The number of nitrogens with zero attached hydrogens (tertiary/aromatic N) is 2. The summed E-state index contributed by atoms with van der Waals surface area (Å²) in [6.07, 6.45) is 3.57. The first-order chi connectivity index (χ1) is 8.25. The van der Waals surface area contributed by atoms with Crippen LogP contribution in [0.2, 0.25) is 0 Å². The number of aromatic nitrogens is 2. The molecule has 0 aliphatic heterocycles. The van der Waals surface area contributed by atoms with Crippen molar-refractivity contribution in [1.29, 1.82) is 0 Å². The van der Waals surface area contributed by atoms with Crippen molar-refractivity contribution in [3.05, 3.63) is 48.3 Å². The van der Waals surface area contributed by atoms with Gasteiger partial charge in [0.25, 0.3) is 0 Å². The molecule has 0 saturated heterocycles. The van der Waals surface area contributed by atoms with E-state index >= 15 is 0 Å². The molecule has 0 amide bonds. The summed E-state index contributed by atoms with van der Waals surface area (Å²) in [5, 5.41) is 12.5. The Balaban J connectivity index is 1.96. The van der Waals surface area contributed by atoms with Crippen molar-refractivity contribution in [3.63, 3.8) is 0 Å². The fraction of sp³-hybridized carbons (Fsp3) is 0.167. The highest BCUT2D eigenvalue weighted by Gasteiger charge is 1.99. The maximum Gasteiger partial charge on any atom is 0.329 e. The van der Waals surface area contributed by atoms with Crippen LogP contribution in [-0.4, -0.2) is 27.5 Å². The van der Waals surface area contributed by atoms with Crippen molar-refractivity contribution in [2.45, 2.75) is 6.61 Å². The molecule has 1 aromatic carbocycles. The number of aliphatic carboxylic acids is 1. The van der Waals surface area contributed by atoms with Gasteiger partial charge in [0.05, 0.1) is 12.3 Å². The zero-order valence-electron chi connectivity index (χ0n) is 9.11. The van der Waals surface area contributed by atoms with E-state index in [0.717, 1.165) is 11.3 Å². The molecule has 0 radical (unpaired) electrons. The molecule has 5 heteroatoms. The van der Waals surface area contributed by atoms with Gasteiger partial charge in [0.2, 0.25) is 0 Å². The maximum atomic E-state index is 10.3. The second-order valence-electron chi connectivity index (χ2n) is 3.50. The molecule has 17 heavy (non-hydrogen) atoms. The number of ether oxygens (including phenoxy) is 1. The van der Waals surface area contributed by atoms with Crippen LogP contribution in [0.4, 0.5) is 0 Å². The second kappa shape index (κ2) is 5.27. The average Bonchev–Trinajstić information content (AvgIpc) is 2.83. The Bertz CT molecular complexity index is 477. The van der Waals surface area contributed by atoms with Crippen molar-refractivity contribution in [2.75, 3.05) is 6.61 Å². The predicted molar refractivity (Wildman–Crippen MR) is 60.9 cm³/mol. The third kappa shape index (κ3) is 3.15. The lowest BCUT2D eigenvalue weighted by atomic mass is 10.2. The standard InChI is InChI=1S/C12H12N2O3/c15-12(16)9-17-8-10-2-4-11(5-3-10)14-7-1-6-13-14/h1-7H,8-9H2,(H,15,16). The molecule has 5 nitrogen and oxygen atoms in total. The predicted octanol–water partition coefficient (Wildman–Crippen LogP) is 1.47. The Hall–Kier alpha value is -2.14. The molecule has 0 aliphatic carbocycles. The van der Waals surface area contributed by atoms with E-state index in [1.165, 1.54) is 0 Å². The lowest BCUT2D eigenvalue weighted by molar-refractivity contribution is -0.142. The van der Waals surface area contributed by atoms with Crippen LogP contribution in [0.25, 0.3) is 5.69 Å². The quantitative estimate of drug-likeness (QED) is 0.847. The van der Waals surface area contributed by atoms with Crippen LogP contribution in [0.1, 0.15) is 5.56 Å². The van der Waals surface area contributed by atoms with Gasteiger partial charge in [0, 0.05) is 12.4 Å². The Morgan fingerprint density at radius 3 is 2.71 bits per heavy atom. The topological polar surface area (TPSA) is 64.3 Å². The van der Waals surface area contributed by atoms with Crippen molar-refractivity contribution in [3.8, 4) is 5.69 Å². The second-order valence-corrected chi connectivity index (χ2v) is 3.50. The first kappa shape index (κ1) is 11.3. The van der Waals surface area contributed by atoms with Crippen molar-refractivity contribution < 1.29 is 14.6 Å². The fourth-order valence-electron chi connectivity index (χ4n) is 1.42. The third-order valence-corrected chi connectivity index (χ3v) is 2.20. The number of rotatable bonds is 5.